The lowest BCUT2D eigenvalue weighted by Gasteiger charge is -2.21. The topological polar surface area (TPSA) is 43.4 Å². The minimum atomic E-state index is 0.232. The number of ether oxygens (including phenoxy) is 2. The van der Waals surface area contributed by atoms with Gasteiger partial charge in [-0.05, 0) is 47.5 Å². The number of thiazole rings is 1. The van der Waals surface area contributed by atoms with Crippen LogP contribution in [-0.2, 0) is 6.54 Å². The van der Waals surface area contributed by atoms with E-state index in [2.05, 4.69) is 44.6 Å². The molecule has 6 heteroatoms. The second kappa shape index (κ2) is 6.34. The van der Waals surface area contributed by atoms with Crippen LogP contribution < -0.4 is 14.8 Å². The highest BCUT2D eigenvalue weighted by Gasteiger charge is 2.17. The fourth-order valence-electron chi connectivity index (χ4n) is 2.20. The van der Waals surface area contributed by atoms with Gasteiger partial charge in [0.05, 0.1) is 10.5 Å². The molecule has 0 saturated carbocycles. The van der Waals surface area contributed by atoms with Crippen LogP contribution >= 0.6 is 27.3 Å². The molecule has 2 aromatic rings. The van der Waals surface area contributed by atoms with Gasteiger partial charge in [0, 0.05) is 17.6 Å². The van der Waals surface area contributed by atoms with Crippen molar-refractivity contribution in [3.05, 3.63) is 38.3 Å². The van der Waals surface area contributed by atoms with E-state index in [9.17, 15) is 0 Å². The number of halogens is 1. The zero-order valence-corrected chi connectivity index (χ0v) is 14.4. The van der Waals surface area contributed by atoms with Gasteiger partial charge in [-0.2, -0.15) is 0 Å². The van der Waals surface area contributed by atoms with Crippen molar-refractivity contribution in [2.75, 3.05) is 13.2 Å². The largest absolute Gasteiger partial charge is 0.486 e. The first-order valence-electron chi connectivity index (χ1n) is 6.87. The number of aryl methyl sites for hydroxylation is 1. The van der Waals surface area contributed by atoms with E-state index in [1.165, 1.54) is 0 Å². The molecule has 0 spiro atoms. The Balaban J connectivity index is 1.69. The first-order chi connectivity index (χ1) is 10.1. The van der Waals surface area contributed by atoms with Crippen molar-refractivity contribution in [2.24, 2.45) is 0 Å². The van der Waals surface area contributed by atoms with E-state index < -0.39 is 0 Å². The summed E-state index contributed by atoms with van der Waals surface area (Å²) >= 11 is 5.24. The van der Waals surface area contributed by atoms with Crippen LogP contribution in [0.25, 0.3) is 0 Å². The molecule has 1 unspecified atom stereocenters. The standard InChI is InChI=1S/C15H17BrN2O2S/c1-9-8-21-15(18-9)10(2)17-7-11-5-12(16)14-13(6-11)19-3-4-20-14/h5-6,8,10,17H,3-4,7H2,1-2H3. The molecule has 3 rings (SSSR count). The smallest absolute Gasteiger partial charge is 0.175 e. The van der Waals surface area contributed by atoms with Crippen molar-refractivity contribution < 1.29 is 9.47 Å². The summed E-state index contributed by atoms with van der Waals surface area (Å²) in [6.07, 6.45) is 0. The molecule has 0 amide bonds. The summed E-state index contributed by atoms with van der Waals surface area (Å²) in [5.41, 5.74) is 2.23. The highest BCUT2D eigenvalue weighted by Crippen LogP contribution is 2.38. The summed E-state index contributed by atoms with van der Waals surface area (Å²) in [6, 6.07) is 4.34. The van der Waals surface area contributed by atoms with E-state index in [4.69, 9.17) is 9.47 Å². The summed E-state index contributed by atoms with van der Waals surface area (Å²) in [7, 11) is 0. The fraction of sp³-hybridized carbons (Fsp3) is 0.400. The highest BCUT2D eigenvalue weighted by atomic mass is 79.9. The van der Waals surface area contributed by atoms with Crippen LogP contribution in [0.2, 0.25) is 0 Å². The van der Waals surface area contributed by atoms with Crippen molar-refractivity contribution in [2.45, 2.75) is 26.4 Å². The van der Waals surface area contributed by atoms with Crippen LogP contribution in [0.5, 0.6) is 11.5 Å². The fourth-order valence-corrected chi connectivity index (χ4v) is 3.63. The van der Waals surface area contributed by atoms with E-state index in [0.29, 0.717) is 13.2 Å². The monoisotopic (exact) mass is 368 g/mol. The average Bonchev–Trinajstić information content (AvgIpc) is 2.91. The number of hydrogen-bond donors (Lipinski definition) is 1. The van der Waals surface area contributed by atoms with E-state index in [1.807, 2.05) is 13.0 Å². The Morgan fingerprint density at radius 3 is 2.95 bits per heavy atom. The zero-order valence-electron chi connectivity index (χ0n) is 12.0. The van der Waals surface area contributed by atoms with Crippen molar-refractivity contribution in [3.8, 4) is 11.5 Å². The second-order valence-corrected chi connectivity index (χ2v) is 6.78. The highest BCUT2D eigenvalue weighted by molar-refractivity contribution is 9.10. The number of nitrogens with one attached hydrogen (secondary N) is 1. The van der Waals surface area contributed by atoms with Crippen LogP contribution in [0.3, 0.4) is 0 Å². The number of aromatic nitrogens is 1. The molecular weight excluding hydrogens is 352 g/mol. The van der Waals surface area contributed by atoms with Crippen LogP contribution in [0.4, 0.5) is 0 Å². The molecule has 0 aliphatic carbocycles. The maximum Gasteiger partial charge on any atom is 0.175 e. The third kappa shape index (κ3) is 3.39. The van der Waals surface area contributed by atoms with Gasteiger partial charge < -0.3 is 14.8 Å². The van der Waals surface area contributed by atoms with Crippen molar-refractivity contribution in [1.29, 1.82) is 0 Å². The molecule has 0 saturated heterocycles. The Kier molecular flexibility index (Phi) is 4.47. The maximum atomic E-state index is 5.65. The van der Waals surface area contributed by atoms with Crippen LogP contribution in [-0.4, -0.2) is 18.2 Å². The Hall–Kier alpha value is -1.11. The minimum absolute atomic E-state index is 0.232. The molecule has 21 heavy (non-hydrogen) atoms. The van der Waals surface area contributed by atoms with Crippen molar-refractivity contribution >= 4 is 27.3 Å². The number of fused-ring (bicyclic) bond motifs is 1. The lowest BCUT2D eigenvalue weighted by atomic mass is 10.2. The molecular formula is C15H17BrN2O2S. The second-order valence-electron chi connectivity index (χ2n) is 5.03. The molecule has 1 aromatic heterocycles. The van der Waals surface area contributed by atoms with Crippen LogP contribution in [0.15, 0.2) is 22.0 Å². The molecule has 4 nitrogen and oxygen atoms in total. The SMILES string of the molecule is Cc1csc(C(C)NCc2cc(Br)c3c(c2)OCCO3)n1. The number of hydrogen-bond acceptors (Lipinski definition) is 5. The molecule has 1 aliphatic heterocycles. The van der Waals surface area contributed by atoms with Gasteiger partial charge in [0.25, 0.3) is 0 Å². The lowest BCUT2D eigenvalue weighted by molar-refractivity contribution is 0.170. The number of nitrogens with zero attached hydrogens (tertiary/aromatic N) is 1. The Morgan fingerprint density at radius 2 is 2.19 bits per heavy atom. The van der Waals surface area contributed by atoms with E-state index >= 15 is 0 Å². The summed E-state index contributed by atoms with van der Waals surface area (Å²) < 4.78 is 12.2. The van der Waals surface area contributed by atoms with Gasteiger partial charge in [0.15, 0.2) is 11.5 Å². The molecule has 0 radical (unpaired) electrons. The minimum Gasteiger partial charge on any atom is -0.486 e. The maximum absolute atomic E-state index is 5.65. The lowest BCUT2D eigenvalue weighted by Crippen LogP contribution is -2.19. The van der Waals surface area contributed by atoms with E-state index in [-0.39, 0.29) is 6.04 Å². The third-order valence-electron chi connectivity index (χ3n) is 3.28. The number of rotatable bonds is 4. The summed E-state index contributed by atoms with van der Waals surface area (Å²) in [5.74, 6) is 1.61. The summed E-state index contributed by atoms with van der Waals surface area (Å²) in [6.45, 7) is 6.11. The summed E-state index contributed by atoms with van der Waals surface area (Å²) in [4.78, 5) is 4.51. The third-order valence-corrected chi connectivity index (χ3v) is 5.01. The first-order valence-corrected chi connectivity index (χ1v) is 8.54. The molecule has 1 N–H and O–H groups in total. The zero-order chi connectivity index (χ0) is 14.8. The molecule has 0 bridgehead atoms. The van der Waals surface area contributed by atoms with Gasteiger partial charge in [0.1, 0.15) is 18.2 Å². The van der Waals surface area contributed by atoms with Gasteiger partial charge >= 0.3 is 0 Å². The predicted octanol–water partition coefficient (Wildman–Crippen LogP) is 3.84. The first kappa shape index (κ1) is 14.8. The molecule has 2 heterocycles. The van der Waals surface area contributed by atoms with E-state index in [0.717, 1.165) is 38.8 Å². The Morgan fingerprint density at radius 1 is 1.38 bits per heavy atom. The van der Waals surface area contributed by atoms with E-state index in [1.54, 1.807) is 11.3 Å². The average molecular weight is 369 g/mol. The van der Waals surface area contributed by atoms with Crippen molar-refractivity contribution in [1.82, 2.24) is 10.3 Å². The van der Waals surface area contributed by atoms with Gasteiger partial charge in [-0.25, -0.2) is 4.98 Å². The normalized spacial score (nSPS) is 15.0. The summed E-state index contributed by atoms with van der Waals surface area (Å²) in [5, 5.41) is 6.69. The van der Waals surface area contributed by atoms with Gasteiger partial charge in [0.2, 0.25) is 0 Å². The predicted molar refractivity (Wildman–Crippen MR) is 87.2 cm³/mol. The Bertz CT molecular complexity index is 645. The van der Waals surface area contributed by atoms with Crippen LogP contribution in [0, 0.1) is 6.92 Å². The molecule has 1 aromatic carbocycles. The van der Waals surface area contributed by atoms with Crippen molar-refractivity contribution in [3.63, 3.8) is 0 Å². The molecule has 0 fully saturated rings. The van der Waals surface area contributed by atoms with Crippen LogP contribution in [0.1, 0.15) is 29.2 Å². The Labute approximate surface area is 136 Å². The number of benzene rings is 1. The van der Waals surface area contributed by atoms with Gasteiger partial charge in [-0.15, -0.1) is 11.3 Å². The molecule has 1 atom stereocenters. The molecule has 112 valence electrons. The quantitative estimate of drug-likeness (QED) is 0.890. The van der Waals surface area contributed by atoms with Gasteiger partial charge in [-0.1, -0.05) is 0 Å². The van der Waals surface area contributed by atoms with Gasteiger partial charge in [-0.3, -0.25) is 0 Å². The molecule has 1 aliphatic rings.